The lowest BCUT2D eigenvalue weighted by molar-refractivity contribution is 0.176. The molecule has 0 saturated carbocycles. The zero-order chi connectivity index (χ0) is 20.4. The van der Waals surface area contributed by atoms with Crippen LogP contribution >= 0.6 is 0 Å². The van der Waals surface area contributed by atoms with Gasteiger partial charge in [0.05, 0.1) is 16.1 Å². The van der Waals surface area contributed by atoms with Gasteiger partial charge >= 0.3 is 0 Å². The fourth-order valence-electron chi connectivity index (χ4n) is 3.10. The second-order valence-electron chi connectivity index (χ2n) is 6.79. The summed E-state index contributed by atoms with van der Waals surface area (Å²) in [5.74, 6) is 0.869. The largest absolute Gasteiger partial charge is 0.466 e. The molecule has 0 fully saturated rings. The Morgan fingerprint density at radius 1 is 1.03 bits per heavy atom. The average molecular weight is 408 g/mol. The van der Waals surface area contributed by atoms with Gasteiger partial charge in [0, 0.05) is 18.9 Å². The minimum absolute atomic E-state index is 0.242. The Bertz CT molecular complexity index is 1190. The summed E-state index contributed by atoms with van der Waals surface area (Å²) in [5, 5.41) is 10.5. The lowest BCUT2D eigenvalue weighted by Crippen LogP contribution is -2.10. The first-order chi connectivity index (χ1) is 13.9. The van der Waals surface area contributed by atoms with E-state index in [2.05, 4.69) is 4.98 Å². The van der Waals surface area contributed by atoms with Crippen molar-refractivity contribution in [3.05, 3.63) is 102 Å². The van der Waals surface area contributed by atoms with Crippen LogP contribution < -0.4 is 0 Å². The van der Waals surface area contributed by atoms with Gasteiger partial charge in [-0.25, -0.2) is 13.4 Å². The van der Waals surface area contributed by atoms with E-state index in [1.807, 2.05) is 6.92 Å². The predicted molar refractivity (Wildman–Crippen MR) is 107 cm³/mol. The molecule has 148 valence electrons. The van der Waals surface area contributed by atoms with Crippen molar-refractivity contribution in [3.63, 3.8) is 0 Å². The topological polar surface area (TPSA) is 85.3 Å². The molecule has 0 spiro atoms. The molecule has 0 unspecified atom stereocenters. The van der Waals surface area contributed by atoms with E-state index < -0.39 is 15.9 Å². The molecule has 4 rings (SSSR count). The lowest BCUT2D eigenvalue weighted by Gasteiger charge is -2.12. The number of hydrogen-bond acceptors (Lipinski definition) is 5. The average Bonchev–Trinajstić information content (AvgIpc) is 3.41. The first kappa shape index (κ1) is 19.2. The van der Waals surface area contributed by atoms with Crippen LogP contribution in [0.2, 0.25) is 0 Å². The molecule has 0 radical (unpaired) electrons. The second kappa shape index (κ2) is 7.69. The van der Waals surface area contributed by atoms with Crippen LogP contribution in [-0.2, 0) is 16.4 Å². The highest BCUT2D eigenvalue weighted by atomic mass is 32.2. The van der Waals surface area contributed by atoms with E-state index in [4.69, 9.17) is 4.42 Å². The van der Waals surface area contributed by atoms with Crippen molar-refractivity contribution >= 4 is 9.84 Å². The molecule has 6 nitrogen and oxygen atoms in total. The van der Waals surface area contributed by atoms with Crippen LogP contribution in [0.3, 0.4) is 0 Å². The third-order valence-electron chi connectivity index (χ3n) is 4.72. The van der Waals surface area contributed by atoms with Crippen LogP contribution in [0.25, 0.3) is 0 Å². The molecule has 1 atom stereocenters. The summed E-state index contributed by atoms with van der Waals surface area (Å²) >= 11 is 0. The van der Waals surface area contributed by atoms with E-state index in [0.29, 0.717) is 18.1 Å². The van der Waals surface area contributed by atoms with E-state index in [9.17, 15) is 13.5 Å². The fraction of sp³-hybridized carbons (Fsp3) is 0.136. The third-order valence-corrected chi connectivity index (χ3v) is 6.51. The standard InChI is InChI=1S/C22H20N2O4S/c1-16-4-8-18(9-5-16)29(26,27)19-10-6-17(7-11-19)15-24-13-12-23-22(24)21(25)20-3-2-14-28-20/h2-14,21,25H,15H2,1H3/t21-/m1/s1. The summed E-state index contributed by atoms with van der Waals surface area (Å²) in [6, 6.07) is 16.9. The number of imidazole rings is 1. The van der Waals surface area contributed by atoms with Crippen molar-refractivity contribution in [3.8, 4) is 0 Å². The van der Waals surface area contributed by atoms with Gasteiger partial charge in [-0.1, -0.05) is 29.8 Å². The van der Waals surface area contributed by atoms with E-state index in [1.165, 1.54) is 6.26 Å². The van der Waals surface area contributed by atoms with Gasteiger partial charge in [-0.15, -0.1) is 0 Å². The first-order valence-corrected chi connectivity index (χ1v) is 10.6. The second-order valence-corrected chi connectivity index (χ2v) is 8.74. The van der Waals surface area contributed by atoms with Gasteiger partial charge in [-0.2, -0.15) is 0 Å². The molecular weight excluding hydrogens is 388 g/mol. The number of sulfone groups is 1. The van der Waals surface area contributed by atoms with Crippen LogP contribution in [-0.4, -0.2) is 23.1 Å². The van der Waals surface area contributed by atoms with Gasteiger partial charge in [0.25, 0.3) is 0 Å². The van der Waals surface area contributed by atoms with Crippen LogP contribution in [0.15, 0.2) is 93.5 Å². The minimum Gasteiger partial charge on any atom is -0.466 e. The van der Waals surface area contributed by atoms with Crippen LogP contribution in [0.1, 0.15) is 28.8 Å². The van der Waals surface area contributed by atoms with Crippen molar-refractivity contribution in [2.75, 3.05) is 0 Å². The number of aliphatic hydroxyl groups excluding tert-OH is 1. The summed E-state index contributed by atoms with van der Waals surface area (Å²) < 4.78 is 32.6. The number of aryl methyl sites for hydroxylation is 1. The first-order valence-electron chi connectivity index (χ1n) is 9.08. The number of aliphatic hydroxyl groups is 1. The molecule has 2 aromatic carbocycles. The van der Waals surface area contributed by atoms with E-state index in [1.54, 1.807) is 77.6 Å². The van der Waals surface area contributed by atoms with Crippen molar-refractivity contribution in [1.29, 1.82) is 0 Å². The van der Waals surface area contributed by atoms with Crippen molar-refractivity contribution in [2.24, 2.45) is 0 Å². The Balaban J connectivity index is 1.55. The molecular formula is C22H20N2O4S. The number of aromatic nitrogens is 2. The zero-order valence-electron chi connectivity index (χ0n) is 15.8. The normalized spacial score (nSPS) is 12.8. The van der Waals surface area contributed by atoms with Crippen LogP contribution in [0.4, 0.5) is 0 Å². The monoisotopic (exact) mass is 408 g/mol. The molecule has 0 aliphatic carbocycles. The number of hydrogen-bond donors (Lipinski definition) is 1. The highest BCUT2D eigenvalue weighted by Gasteiger charge is 2.20. The third kappa shape index (κ3) is 3.87. The Labute approximate surface area is 169 Å². The number of furan rings is 1. The van der Waals surface area contributed by atoms with Crippen LogP contribution in [0, 0.1) is 6.92 Å². The molecule has 4 aromatic rings. The van der Waals surface area contributed by atoms with Crippen molar-refractivity contribution in [1.82, 2.24) is 9.55 Å². The van der Waals surface area contributed by atoms with Gasteiger partial charge in [0.2, 0.25) is 9.84 Å². The molecule has 29 heavy (non-hydrogen) atoms. The summed E-state index contributed by atoms with van der Waals surface area (Å²) in [4.78, 5) is 4.74. The van der Waals surface area contributed by atoms with Gasteiger partial charge in [0.15, 0.2) is 6.10 Å². The Morgan fingerprint density at radius 3 is 2.31 bits per heavy atom. The van der Waals surface area contributed by atoms with Gasteiger partial charge < -0.3 is 14.1 Å². The smallest absolute Gasteiger partial charge is 0.206 e. The summed E-state index contributed by atoms with van der Waals surface area (Å²) in [6.45, 7) is 2.36. The Kier molecular flexibility index (Phi) is 5.08. The highest BCUT2D eigenvalue weighted by Crippen LogP contribution is 2.24. The van der Waals surface area contributed by atoms with Gasteiger partial charge in [-0.3, -0.25) is 0 Å². The predicted octanol–water partition coefficient (Wildman–Crippen LogP) is 3.75. The van der Waals surface area contributed by atoms with E-state index in [0.717, 1.165) is 11.1 Å². The van der Waals surface area contributed by atoms with Crippen molar-refractivity contribution in [2.45, 2.75) is 29.4 Å². The van der Waals surface area contributed by atoms with Crippen LogP contribution in [0.5, 0.6) is 0 Å². The quantitative estimate of drug-likeness (QED) is 0.525. The van der Waals surface area contributed by atoms with E-state index >= 15 is 0 Å². The molecule has 2 aromatic heterocycles. The minimum atomic E-state index is -3.56. The number of nitrogens with zero attached hydrogens (tertiary/aromatic N) is 2. The van der Waals surface area contributed by atoms with Gasteiger partial charge in [0.1, 0.15) is 11.6 Å². The molecule has 0 saturated heterocycles. The molecule has 2 heterocycles. The highest BCUT2D eigenvalue weighted by molar-refractivity contribution is 7.91. The van der Waals surface area contributed by atoms with Crippen molar-refractivity contribution < 1.29 is 17.9 Å². The molecule has 1 N–H and O–H groups in total. The maximum atomic E-state index is 12.8. The summed E-state index contributed by atoms with van der Waals surface area (Å²) in [6.07, 6.45) is 3.90. The fourth-order valence-corrected chi connectivity index (χ4v) is 4.36. The lowest BCUT2D eigenvalue weighted by atomic mass is 10.2. The van der Waals surface area contributed by atoms with Gasteiger partial charge in [-0.05, 0) is 48.9 Å². The maximum absolute atomic E-state index is 12.8. The maximum Gasteiger partial charge on any atom is 0.206 e. The number of benzene rings is 2. The molecule has 7 heteroatoms. The Hall–Kier alpha value is -3.16. The molecule has 0 aliphatic rings. The summed E-state index contributed by atoms with van der Waals surface area (Å²) in [7, 11) is -3.56. The molecule has 0 amide bonds. The molecule has 0 aliphatic heterocycles. The zero-order valence-corrected chi connectivity index (χ0v) is 16.6. The van der Waals surface area contributed by atoms with E-state index in [-0.39, 0.29) is 9.79 Å². The SMILES string of the molecule is Cc1ccc(S(=O)(=O)c2ccc(Cn3ccnc3[C@H](O)c3ccco3)cc2)cc1. The molecule has 0 bridgehead atoms. The number of rotatable bonds is 6. The summed E-state index contributed by atoms with van der Waals surface area (Å²) in [5.41, 5.74) is 1.89. The Morgan fingerprint density at radius 2 is 1.69 bits per heavy atom.